The molecule has 4 heteroatoms. The molecule has 0 heterocycles. The molecule has 0 aromatic heterocycles. The lowest BCUT2D eigenvalue weighted by Crippen LogP contribution is -2.18. The lowest BCUT2D eigenvalue weighted by Gasteiger charge is -2.21. The first-order valence-corrected chi connectivity index (χ1v) is 9.17. The van der Waals surface area contributed by atoms with Gasteiger partial charge in [0.05, 0.1) is 10.9 Å². The Morgan fingerprint density at radius 2 is 1.81 bits per heavy atom. The molecule has 0 fully saturated rings. The van der Waals surface area contributed by atoms with Gasteiger partial charge in [-0.05, 0) is 56.0 Å². The molecule has 3 N–H and O–H groups in total. The second-order valence-electron chi connectivity index (χ2n) is 5.32. The zero-order valence-corrected chi connectivity index (χ0v) is 14.8. The Kier molecular flexibility index (Phi) is 5.15. The van der Waals surface area contributed by atoms with Gasteiger partial charge in [0, 0.05) is 17.6 Å². The molecule has 0 aliphatic heterocycles. The molecule has 2 nitrogen and oxygen atoms in total. The van der Waals surface area contributed by atoms with Crippen molar-refractivity contribution in [3.05, 3.63) is 51.9 Å². The number of hydrogen-bond donors (Lipinski definition) is 2. The average molecular weight is 319 g/mol. The van der Waals surface area contributed by atoms with E-state index in [0.717, 1.165) is 11.3 Å². The van der Waals surface area contributed by atoms with Crippen LogP contribution in [0.3, 0.4) is 0 Å². The second kappa shape index (κ2) is 6.69. The van der Waals surface area contributed by atoms with Crippen molar-refractivity contribution in [1.82, 2.24) is 0 Å². The van der Waals surface area contributed by atoms with E-state index >= 15 is 0 Å². The third-order valence-corrected chi connectivity index (χ3v) is 6.64. The smallest absolute Gasteiger partial charge is 0.0832 e. The van der Waals surface area contributed by atoms with E-state index in [1.165, 1.54) is 27.3 Å². The average Bonchev–Trinajstić information content (AvgIpc) is 2.46. The number of allylic oxidation sites excluding steroid dienone is 1. The topological polar surface area (TPSA) is 38.0 Å². The Morgan fingerprint density at radius 1 is 1.14 bits per heavy atom. The van der Waals surface area contributed by atoms with Crippen LogP contribution in [0.25, 0.3) is 0 Å². The van der Waals surface area contributed by atoms with Gasteiger partial charge in [0.2, 0.25) is 0 Å². The van der Waals surface area contributed by atoms with Crippen LogP contribution in [-0.4, -0.2) is 12.3 Å². The third-order valence-electron chi connectivity index (χ3n) is 3.69. The normalized spacial score (nSPS) is 18.0. The molecule has 0 saturated heterocycles. The van der Waals surface area contributed by atoms with Crippen molar-refractivity contribution in [3.8, 4) is 0 Å². The molecule has 0 amide bonds. The molecular formula is C17H22N2S2. The first kappa shape index (κ1) is 16.2. The molecule has 21 heavy (non-hydrogen) atoms. The van der Waals surface area contributed by atoms with Crippen molar-refractivity contribution >= 4 is 27.3 Å². The molecule has 1 aromatic rings. The van der Waals surface area contributed by atoms with Gasteiger partial charge in [0.25, 0.3) is 0 Å². The van der Waals surface area contributed by atoms with Gasteiger partial charge in [-0.2, -0.15) is 0 Å². The Balaban J connectivity index is 2.25. The van der Waals surface area contributed by atoms with E-state index in [2.05, 4.69) is 44.0 Å². The van der Waals surface area contributed by atoms with Crippen molar-refractivity contribution in [2.75, 3.05) is 12.4 Å². The van der Waals surface area contributed by atoms with E-state index in [1.54, 1.807) is 21.6 Å². The van der Waals surface area contributed by atoms with Crippen molar-refractivity contribution in [3.63, 3.8) is 0 Å². The SMILES string of the molecule is CNc1c(C)ccc(C)c1SSC1C(C)=C=CC(C)=C1N. The summed E-state index contributed by atoms with van der Waals surface area (Å²) in [5, 5.41) is 3.52. The van der Waals surface area contributed by atoms with Crippen LogP contribution in [0.5, 0.6) is 0 Å². The van der Waals surface area contributed by atoms with Gasteiger partial charge in [-0.3, -0.25) is 0 Å². The molecule has 1 unspecified atom stereocenters. The maximum atomic E-state index is 6.25. The Morgan fingerprint density at radius 3 is 2.48 bits per heavy atom. The highest BCUT2D eigenvalue weighted by Crippen LogP contribution is 2.45. The fourth-order valence-electron chi connectivity index (χ4n) is 2.24. The monoisotopic (exact) mass is 318 g/mol. The number of nitrogens with two attached hydrogens (primary N) is 1. The molecule has 0 spiro atoms. The van der Waals surface area contributed by atoms with Crippen molar-refractivity contribution < 1.29 is 0 Å². The molecule has 1 aliphatic carbocycles. The number of aryl methyl sites for hydroxylation is 2. The lowest BCUT2D eigenvalue weighted by molar-refractivity contribution is 1.06. The highest BCUT2D eigenvalue weighted by atomic mass is 33.1. The maximum Gasteiger partial charge on any atom is 0.0832 e. The van der Waals surface area contributed by atoms with Crippen molar-refractivity contribution in [2.24, 2.45) is 5.73 Å². The summed E-state index contributed by atoms with van der Waals surface area (Å²) in [7, 11) is 5.57. The van der Waals surface area contributed by atoms with Crippen LogP contribution in [0.4, 0.5) is 5.69 Å². The van der Waals surface area contributed by atoms with E-state index in [-0.39, 0.29) is 5.25 Å². The van der Waals surface area contributed by atoms with E-state index in [0.29, 0.717) is 0 Å². The zero-order chi connectivity index (χ0) is 15.6. The van der Waals surface area contributed by atoms with Gasteiger partial charge in [0.15, 0.2) is 0 Å². The predicted octanol–water partition coefficient (Wildman–Crippen LogP) is 4.80. The van der Waals surface area contributed by atoms with Crippen molar-refractivity contribution in [2.45, 2.75) is 37.8 Å². The standard InChI is InChI=1S/C17H22N2S2/c1-10-6-8-12(3)16(14(10)18)20-21-17-13(4)9-7-11(2)15(17)19-5/h6-7,9,16,19H,18H2,1-5H3. The van der Waals surface area contributed by atoms with Gasteiger partial charge in [-0.25, -0.2) is 0 Å². The highest BCUT2D eigenvalue weighted by molar-refractivity contribution is 8.77. The van der Waals surface area contributed by atoms with Crippen LogP contribution in [0.15, 0.2) is 45.7 Å². The number of nitrogens with one attached hydrogen (secondary N) is 1. The van der Waals surface area contributed by atoms with Gasteiger partial charge in [-0.1, -0.05) is 33.7 Å². The first-order chi connectivity index (χ1) is 9.95. The number of hydrogen-bond acceptors (Lipinski definition) is 4. The summed E-state index contributed by atoms with van der Waals surface area (Å²) < 4.78 is 0. The number of anilines is 1. The minimum atomic E-state index is 0.199. The van der Waals surface area contributed by atoms with Crippen LogP contribution in [0.1, 0.15) is 25.0 Å². The van der Waals surface area contributed by atoms with Gasteiger partial charge >= 0.3 is 0 Å². The van der Waals surface area contributed by atoms with E-state index in [4.69, 9.17) is 5.73 Å². The van der Waals surface area contributed by atoms with Gasteiger partial charge < -0.3 is 11.1 Å². The van der Waals surface area contributed by atoms with E-state index in [9.17, 15) is 0 Å². The predicted molar refractivity (Wildman–Crippen MR) is 96.9 cm³/mol. The third kappa shape index (κ3) is 3.34. The first-order valence-electron chi connectivity index (χ1n) is 6.96. The molecule has 1 aliphatic rings. The molecule has 1 aromatic carbocycles. The number of rotatable bonds is 4. The summed E-state index contributed by atoms with van der Waals surface area (Å²) in [6.45, 7) is 8.42. The molecule has 112 valence electrons. The highest BCUT2D eigenvalue weighted by Gasteiger charge is 2.21. The van der Waals surface area contributed by atoms with Crippen molar-refractivity contribution in [1.29, 1.82) is 0 Å². The zero-order valence-electron chi connectivity index (χ0n) is 13.2. The number of benzene rings is 1. The van der Waals surface area contributed by atoms with Crippen LogP contribution in [0, 0.1) is 13.8 Å². The second-order valence-corrected chi connectivity index (χ2v) is 7.64. The minimum absolute atomic E-state index is 0.199. The Hall–Kier alpha value is -1.22. The summed E-state index contributed by atoms with van der Waals surface area (Å²) in [5.41, 5.74) is 16.6. The summed E-state index contributed by atoms with van der Waals surface area (Å²) in [6.07, 6.45) is 1.98. The lowest BCUT2D eigenvalue weighted by atomic mass is 10.0. The molecule has 0 saturated carbocycles. The summed E-state index contributed by atoms with van der Waals surface area (Å²) in [4.78, 5) is 1.29. The molecular weight excluding hydrogens is 296 g/mol. The largest absolute Gasteiger partial charge is 0.401 e. The molecule has 0 bridgehead atoms. The fourth-order valence-corrected chi connectivity index (χ4v) is 5.45. The van der Waals surface area contributed by atoms with Crippen LogP contribution in [0.2, 0.25) is 0 Å². The van der Waals surface area contributed by atoms with Gasteiger partial charge in [-0.15, -0.1) is 5.73 Å². The summed E-state index contributed by atoms with van der Waals surface area (Å²) in [6, 6.07) is 4.33. The Labute approximate surface area is 135 Å². The Bertz CT molecular complexity index is 653. The molecule has 2 rings (SSSR count). The summed E-state index contributed by atoms with van der Waals surface area (Å²) in [5.74, 6) is 0. The van der Waals surface area contributed by atoms with Crippen LogP contribution < -0.4 is 11.1 Å². The van der Waals surface area contributed by atoms with Crippen LogP contribution >= 0.6 is 21.6 Å². The van der Waals surface area contributed by atoms with E-state index < -0.39 is 0 Å². The quantitative estimate of drug-likeness (QED) is 0.617. The van der Waals surface area contributed by atoms with E-state index in [1.807, 2.05) is 20.0 Å². The minimum Gasteiger partial charge on any atom is -0.401 e. The summed E-state index contributed by atoms with van der Waals surface area (Å²) >= 11 is 0. The fraction of sp³-hybridized carbons (Fsp3) is 0.353. The van der Waals surface area contributed by atoms with Gasteiger partial charge in [0.1, 0.15) is 0 Å². The maximum absolute atomic E-state index is 6.25. The molecule has 1 atom stereocenters. The van der Waals surface area contributed by atoms with Crippen LogP contribution in [-0.2, 0) is 0 Å². The molecule has 0 radical (unpaired) electrons.